The minimum atomic E-state index is -0.213. The molecule has 2 aromatic rings. The van der Waals surface area contributed by atoms with Crippen molar-refractivity contribution in [3.8, 4) is 11.3 Å². The minimum absolute atomic E-state index is 0.213. The lowest BCUT2D eigenvalue weighted by Crippen LogP contribution is -2.43. The summed E-state index contributed by atoms with van der Waals surface area (Å²) >= 11 is 0. The van der Waals surface area contributed by atoms with E-state index >= 15 is 0 Å². The second-order valence-corrected chi connectivity index (χ2v) is 7.42. The Labute approximate surface area is 149 Å². The van der Waals surface area contributed by atoms with Gasteiger partial charge in [-0.1, -0.05) is 19.3 Å². The van der Waals surface area contributed by atoms with Gasteiger partial charge in [-0.15, -0.1) is 0 Å². The normalized spacial score (nSPS) is 22.8. The van der Waals surface area contributed by atoms with Crippen LogP contribution in [0, 0.1) is 5.82 Å². The first kappa shape index (κ1) is 16.6. The van der Waals surface area contributed by atoms with Crippen molar-refractivity contribution in [3.63, 3.8) is 0 Å². The lowest BCUT2D eigenvalue weighted by Gasteiger charge is -2.40. The maximum Gasteiger partial charge on any atom is 0.123 e. The Morgan fingerprint density at radius 3 is 2.44 bits per heavy atom. The van der Waals surface area contributed by atoms with Crippen molar-refractivity contribution >= 4 is 0 Å². The number of benzene rings is 1. The zero-order valence-corrected chi connectivity index (χ0v) is 14.7. The van der Waals surface area contributed by atoms with Gasteiger partial charge in [0.05, 0.1) is 11.4 Å². The first-order valence-corrected chi connectivity index (χ1v) is 9.62. The van der Waals surface area contributed by atoms with Crippen LogP contribution in [0.15, 0.2) is 36.7 Å². The number of nitrogens with zero attached hydrogens (tertiary/aromatic N) is 3. The maximum absolute atomic E-state index is 13.3. The van der Waals surface area contributed by atoms with Crippen LogP contribution >= 0.6 is 0 Å². The molecular formula is C21H26FN3. The van der Waals surface area contributed by atoms with Crippen LogP contribution < -0.4 is 0 Å². The van der Waals surface area contributed by atoms with Gasteiger partial charge in [0.15, 0.2) is 0 Å². The molecule has 0 N–H and O–H groups in total. The van der Waals surface area contributed by atoms with E-state index in [1.807, 2.05) is 12.1 Å². The summed E-state index contributed by atoms with van der Waals surface area (Å²) in [5.74, 6) is 0.208. The Bertz CT molecular complexity index is 695. The molecule has 2 aliphatic rings. The Kier molecular flexibility index (Phi) is 5.07. The number of likely N-dealkylation sites (tertiary alicyclic amines) is 1. The van der Waals surface area contributed by atoms with Crippen LogP contribution in [0.4, 0.5) is 4.39 Å². The molecule has 1 aliphatic heterocycles. The number of hydrogen-bond donors (Lipinski definition) is 0. The molecule has 0 amide bonds. The molecule has 1 aliphatic carbocycles. The maximum atomic E-state index is 13.3. The predicted octanol–water partition coefficient (Wildman–Crippen LogP) is 4.79. The van der Waals surface area contributed by atoms with Crippen LogP contribution in [-0.4, -0.2) is 34.0 Å². The SMILES string of the molecule is Fc1ccc(-c2nccnc2C2CCCN(C3CCCCC3)C2)cc1. The van der Waals surface area contributed by atoms with Gasteiger partial charge in [-0.3, -0.25) is 14.9 Å². The lowest BCUT2D eigenvalue weighted by molar-refractivity contribution is 0.118. The highest BCUT2D eigenvalue weighted by Gasteiger charge is 2.29. The predicted molar refractivity (Wildman–Crippen MR) is 97.8 cm³/mol. The molecule has 4 heteroatoms. The van der Waals surface area contributed by atoms with Gasteiger partial charge < -0.3 is 0 Å². The zero-order valence-electron chi connectivity index (χ0n) is 14.7. The van der Waals surface area contributed by atoms with E-state index in [-0.39, 0.29) is 5.82 Å². The van der Waals surface area contributed by atoms with Crippen LogP contribution in [0.2, 0.25) is 0 Å². The Morgan fingerprint density at radius 1 is 0.880 bits per heavy atom. The van der Waals surface area contributed by atoms with Crippen LogP contribution in [-0.2, 0) is 0 Å². The van der Waals surface area contributed by atoms with E-state index in [0.29, 0.717) is 5.92 Å². The fourth-order valence-electron chi connectivity index (χ4n) is 4.49. The fraction of sp³-hybridized carbons (Fsp3) is 0.524. The third kappa shape index (κ3) is 3.74. The van der Waals surface area contributed by atoms with Crippen molar-refractivity contribution in [2.45, 2.75) is 56.9 Å². The molecule has 0 radical (unpaired) electrons. The highest BCUT2D eigenvalue weighted by molar-refractivity contribution is 5.62. The molecular weight excluding hydrogens is 313 g/mol. The van der Waals surface area contributed by atoms with Gasteiger partial charge in [0.2, 0.25) is 0 Å². The largest absolute Gasteiger partial charge is 0.300 e. The summed E-state index contributed by atoms with van der Waals surface area (Å²) in [4.78, 5) is 12.0. The number of rotatable bonds is 3. The minimum Gasteiger partial charge on any atom is -0.300 e. The summed E-state index contributed by atoms with van der Waals surface area (Å²) in [5, 5.41) is 0. The molecule has 1 aromatic heterocycles. The van der Waals surface area contributed by atoms with Crippen LogP contribution in [0.5, 0.6) is 0 Å². The topological polar surface area (TPSA) is 29.0 Å². The first-order chi connectivity index (χ1) is 12.3. The average Bonchev–Trinajstić information content (AvgIpc) is 2.69. The molecule has 2 heterocycles. The Morgan fingerprint density at radius 2 is 1.64 bits per heavy atom. The van der Waals surface area contributed by atoms with Crippen LogP contribution in [0.25, 0.3) is 11.3 Å². The van der Waals surface area contributed by atoms with E-state index in [1.165, 1.54) is 57.2 Å². The van der Waals surface area contributed by atoms with E-state index in [9.17, 15) is 4.39 Å². The summed E-state index contributed by atoms with van der Waals surface area (Å²) < 4.78 is 13.3. The summed E-state index contributed by atoms with van der Waals surface area (Å²) in [6.45, 7) is 2.30. The molecule has 2 fully saturated rings. The summed E-state index contributed by atoms with van der Waals surface area (Å²) in [5.41, 5.74) is 2.95. The fourth-order valence-corrected chi connectivity index (χ4v) is 4.49. The van der Waals surface area contributed by atoms with E-state index in [0.717, 1.165) is 36.0 Å². The van der Waals surface area contributed by atoms with Gasteiger partial charge >= 0.3 is 0 Å². The monoisotopic (exact) mass is 339 g/mol. The second-order valence-electron chi connectivity index (χ2n) is 7.42. The van der Waals surface area contributed by atoms with Crippen molar-refractivity contribution in [1.82, 2.24) is 14.9 Å². The zero-order chi connectivity index (χ0) is 17.1. The molecule has 1 saturated heterocycles. The lowest BCUT2D eigenvalue weighted by atomic mass is 9.87. The summed E-state index contributed by atoms with van der Waals surface area (Å²) in [6.07, 6.45) is 12.8. The number of piperidine rings is 1. The molecule has 3 nitrogen and oxygen atoms in total. The van der Waals surface area contributed by atoms with Crippen molar-refractivity contribution in [1.29, 1.82) is 0 Å². The van der Waals surface area contributed by atoms with Crippen molar-refractivity contribution in [3.05, 3.63) is 48.2 Å². The van der Waals surface area contributed by atoms with Crippen molar-refractivity contribution in [2.24, 2.45) is 0 Å². The number of aromatic nitrogens is 2. The van der Waals surface area contributed by atoms with Crippen molar-refractivity contribution < 1.29 is 4.39 Å². The van der Waals surface area contributed by atoms with Gasteiger partial charge in [0.1, 0.15) is 5.82 Å². The van der Waals surface area contributed by atoms with Gasteiger partial charge in [-0.2, -0.15) is 0 Å². The molecule has 4 rings (SSSR count). The van der Waals surface area contributed by atoms with Crippen LogP contribution in [0.3, 0.4) is 0 Å². The molecule has 0 spiro atoms. The molecule has 25 heavy (non-hydrogen) atoms. The number of hydrogen-bond acceptors (Lipinski definition) is 3. The molecule has 132 valence electrons. The summed E-state index contributed by atoms with van der Waals surface area (Å²) in [7, 11) is 0. The first-order valence-electron chi connectivity index (χ1n) is 9.62. The summed E-state index contributed by atoms with van der Waals surface area (Å²) in [6, 6.07) is 7.38. The second kappa shape index (κ2) is 7.61. The molecule has 1 atom stereocenters. The van der Waals surface area contributed by atoms with Crippen molar-refractivity contribution in [2.75, 3.05) is 13.1 Å². The third-order valence-electron chi connectivity index (χ3n) is 5.77. The average molecular weight is 339 g/mol. The molecule has 1 saturated carbocycles. The van der Waals surface area contributed by atoms with Gasteiger partial charge in [-0.25, -0.2) is 4.39 Å². The van der Waals surface area contributed by atoms with E-state index in [4.69, 9.17) is 4.98 Å². The van der Waals surface area contributed by atoms with Gasteiger partial charge in [0.25, 0.3) is 0 Å². The standard InChI is InChI=1S/C21H26FN3/c22-18-10-8-16(9-11-18)20-21(24-13-12-23-20)17-5-4-14-25(15-17)19-6-2-1-3-7-19/h8-13,17,19H,1-7,14-15H2. The number of halogens is 1. The van der Waals surface area contributed by atoms with E-state index < -0.39 is 0 Å². The van der Waals surface area contributed by atoms with E-state index in [1.54, 1.807) is 12.4 Å². The molecule has 1 aromatic carbocycles. The third-order valence-corrected chi connectivity index (χ3v) is 5.77. The quantitative estimate of drug-likeness (QED) is 0.805. The smallest absolute Gasteiger partial charge is 0.123 e. The van der Waals surface area contributed by atoms with E-state index in [2.05, 4.69) is 9.88 Å². The highest BCUT2D eigenvalue weighted by atomic mass is 19.1. The van der Waals surface area contributed by atoms with Gasteiger partial charge in [-0.05, 0) is 56.5 Å². The molecule has 0 bridgehead atoms. The Hall–Kier alpha value is -1.81. The van der Waals surface area contributed by atoms with Crippen LogP contribution in [0.1, 0.15) is 56.6 Å². The molecule has 1 unspecified atom stereocenters. The highest BCUT2D eigenvalue weighted by Crippen LogP contribution is 2.34. The Balaban J connectivity index is 1.57. The van der Waals surface area contributed by atoms with Gasteiger partial charge in [0, 0.05) is 36.5 Å².